The zero-order valence-corrected chi connectivity index (χ0v) is 13.8. The number of morpholine rings is 1. The van der Waals surface area contributed by atoms with E-state index in [1.54, 1.807) is 30.9 Å². The predicted octanol–water partition coefficient (Wildman–Crippen LogP) is 2.13. The van der Waals surface area contributed by atoms with Crippen LogP contribution in [-0.2, 0) is 9.53 Å². The second kappa shape index (κ2) is 7.24. The van der Waals surface area contributed by atoms with Gasteiger partial charge in [-0.15, -0.1) is 0 Å². The molecule has 1 amide bonds. The lowest BCUT2D eigenvalue weighted by Crippen LogP contribution is -2.46. The summed E-state index contributed by atoms with van der Waals surface area (Å²) in [5, 5.41) is 9.79. The molecule has 6 heteroatoms. The number of hydrogen-bond acceptors (Lipinski definition) is 4. The lowest BCUT2D eigenvalue weighted by molar-refractivity contribution is -0.142. The average Bonchev–Trinajstić information content (AvgIpc) is 2.47. The maximum absolute atomic E-state index is 12.3. The van der Waals surface area contributed by atoms with Crippen LogP contribution in [0.5, 0.6) is 5.75 Å². The first-order chi connectivity index (χ1) is 9.99. The van der Waals surface area contributed by atoms with Crippen LogP contribution in [-0.4, -0.2) is 48.3 Å². The molecule has 0 bridgehead atoms. The van der Waals surface area contributed by atoms with Gasteiger partial charge in [-0.1, -0.05) is 22.0 Å². The minimum Gasteiger partial charge on any atom is -0.480 e. The smallest absolute Gasteiger partial charge is 0.263 e. The molecule has 1 N–H and O–H groups in total. The number of hydrogen-bond donors (Lipinski definition) is 1. The number of carbonyl (C=O) groups is 1. The van der Waals surface area contributed by atoms with E-state index < -0.39 is 12.2 Å². The SMILES string of the molecule is CC(Oc1cc(Br)ccc1[C@H](C)O)C(=O)N1CCOCC1. The van der Waals surface area contributed by atoms with Crippen LogP contribution in [0, 0.1) is 0 Å². The zero-order valence-electron chi connectivity index (χ0n) is 12.2. The molecule has 0 spiro atoms. The van der Waals surface area contributed by atoms with E-state index in [4.69, 9.17) is 9.47 Å². The Morgan fingerprint density at radius 1 is 1.38 bits per heavy atom. The van der Waals surface area contributed by atoms with Crippen molar-refractivity contribution in [2.45, 2.75) is 26.1 Å². The summed E-state index contributed by atoms with van der Waals surface area (Å²) in [5.41, 5.74) is 0.667. The van der Waals surface area contributed by atoms with Crippen molar-refractivity contribution in [3.05, 3.63) is 28.2 Å². The first kappa shape index (κ1) is 16.3. The molecule has 1 aliphatic heterocycles. The van der Waals surface area contributed by atoms with E-state index in [1.807, 2.05) is 6.07 Å². The van der Waals surface area contributed by atoms with Gasteiger partial charge in [0.15, 0.2) is 6.10 Å². The highest BCUT2D eigenvalue weighted by molar-refractivity contribution is 9.10. The number of benzene rings is 1. The third kappa shape index (κ3) is 4.18. The highest BCUT2D eigenvalue weighted by Crippen LogP contribution is 2.29. The fraction of sp³-hybridized carbons (Fsp3) is 0.533. The minimum absolute atomic E-state index is 0.0604. The third-order valence-electron chi connectivity index (χ3n) is 3.40. The van der Waals surface area contributed by atoms with Crippen LogP contribution in [0.2, 0.25) is 0 Å². The van der Waals surface area contributed by atoms with E-state index in [0.29, 0.717) is 37.6 Å². The zero-order chi connectivity index (χ0) is 15.4. The summed E-state index contributed by atoms with van der Waals surface area (Å²) < 4.78 is 11.9. The maximum Gasteiger partial charge on any atom is 0.263 e. The summed E-state index contributed by atoms with van der Waals surface area (Å²) in [6.45, 7) is 5.71. The van der Waals surface area contributed by atoms with Gasteiger partial charge >= 0.3 is 0 Å². The number of amides is 1. The van der Waals surface area contributed by atoms with Crippen molar-refractivity contribution in [3.63, 3.8) is 0 Å². The summed E-state index contributed by atoms with van der Waals surface area (Å²) in [6.07, 6.45) is -1.26. The van der Waals surface area contributed by atoms with E-state index in [9.17, 15) is 9.90 Å². The topological polar surface area (TPSA) is 59.0 Å². The van der Waals surface area contributed by atoms with E-state index in [1.165, 1.54) is 0 Å². The van der Waals surface area contributed by atoms with Crippen LogP contribution in [0.1, 0.15) is 25.5 Å². The van der Waals surface area contributed by atoms with Crippen molar-refractivity contribution < 1.29 is 19.4 Å². The Morgan fingerprint density at radius 2 is 2.05 bits per heavy atom. The number of halogens is 1. The normalized spacial score (nSPS) is 18.2. The molecule has 1 saturated heterocycles. The Hall–Kier alpha value is -1.11. The van der Waals surface area contributed by atoms with Crippen molar-refractivity contribution in [2.24, 2.45) is 0 Å². The molecule has 21 heavy (non-hydrogen) atoms. The monoisotopic (exact) mass is 357 g/mol. The Balaban J connectivity index is 2.09. The lowest BCUT2D eigenvalue weighted by atomic mass is 10.1. The van der Waals surface area contributed by atoms with Gasteiger partial charge in [-0.05, 0) is 26.0 Å². The quantitative estimate of drug-likeness (QED) is 0.896. The van der Waals surface area contributed by atoms with Crippen molar-refractivity contribution >= 4 is 21.8 Å². The standard InChI is InChI=1S/C15H20BrNO4/c1-10(18)13-4-3-12(16)9-14(13)21-11(2)15(19)17-5-7-20-8-6-17/h3-4,9-11,18H,5-8H2,1-2H3/t10-,11?/m0/s1. The van der Waals surface area contributed by atoms with E-state index in [-0.39, 0.29) is 5.91 Å². The van der Waals surface area contributed by atoms with Crippen LogP contribution >= 0.6 is 15.9 Å². The fourth-order valence-corrected chi connectivity index (χ4v) is 2.58. The second-order valence-corrected chi connectivity index (χ2v) is 5.97. The van der Waals surface area contributed by atoms with Gasteiger partial charge in [0.2, 0.25) is 0 Å². The highest BCUT2D eigenvalue weighted by Gasteiger charge is 2.24. The molecule has 0 aromatic heterocycles. The van der Waals surface area contributed by atoms with E-state index in [0.717, 1.165) is 4.47 Å². The van der Waals surface area contributed by atoms with Gasteiger partial charge in [0.1, 0.15) is 5.75 Å². The number of rotatable bonds is 4. The molecule has 1 aromatic carbocycles. The maximum atomic E-state index is 12.3. The van der Waals surface area contributed by atoms with Crippen LogP contribution in [0.25, 0.3) is 0 Å². The third-order valence-corrected chi connectivity index (χ3v) is 3.89. The summed E-state index contributed by atoms with van der Waals surface area (Å²) in [4.78, 5) is 14.1. The van der Waals surface area contributed by atoms with Crippen LogP contribution < -0.4 is 4.74 Å². The lowest BCUT2D eigenvalue weighted by Gasteiger charge is -2.29. The molecule has 116 valence electrons. The molecule has 2 atom stereocenters. The molecule has 1 heterocycles. The van der Waals surface area contributed by atoms with Gasteiger partial charge in [0.25, 0.3) is 5.91 Å². The summed E-state index contributed by atoms with van der Waals surface area (Å²) >= 11 is 3.38. The number of carbonyl (C=O) groups excluding carboxylic acids is 1. The van der Waals surface area contributed by atoms with Crippen molar-refractivity contribution in [1.82, 2.24) is 4.90 Å². The Bertz CT molecular complexity index is 500. The molecule has 1 fully saturated rings. The van der Waals surface area contributed by atoms with Gasteiger partial charge in [-0.25, -0.2) is 0 Å². The minimum atomic E-state index is -0.654. The molecular weight excluding hydrogens is 338 g/mol. The highest BCUT2D eigenvalue weighted by atomic mass is 79.9. The fourth-order valence-electron chi connectivity index (χ4n) is 2.24. The average molecular weight is 358 g/mol. The Labute approximate surface area is 133 Å². The van der Waals surface area contributed by atoms with Crippen molar-refractivity contribution in [1.29, 1.82) is 0 Å². The Morgan fingerprint density at radius 3 is 2.67 bits per heavy atom. The summed E-state index contributed by atoms with van der Waals surface area (Å²) in [7, 11) is 0. The van der Waals surface area contributed by atoms with Gasteiger partial charge in [0, 0.05) is 23.1 Å². The number of nitrogens with zero attached hydrogens (tertiary/aromatic N) is 1. The van der Waals surface area contributed by atoms with Crippen molar-refractivity contribution in [3.8, 4) is 5.75 Å². The molecule has 0 saturated carbocycles. The Kier molecular flexibility index (Phi) is 5.61. The molecule has 5 nitrogen and oxygen atoms in total. The van der Waals surface area contributed by atoms with Crippen LogP contribution in [0.3, 0.4) is 0 Å². The number of aliphatic hydroxyl groups excluding tert-OH is 1. The first-order valence-electron chi connectivity index (χ1n) is 6.99. The second-order valence-electron chi connectivity index (χ2n) is 5.06. The molecule has 1 aromatic rings. The molecular formula is C15H20BrNO4. The van der Waals surface area contributed by atoms with Gasteiger partial charge in [-0.2, -0.15) is 0 Å². The van der Waals surface area contributed by atoms with Gasteiger partial charge in [-0.3, -0.25) is 4.79 Å². The largest absolute Gasteiger partial charge is 0.480 e. The summed E-state index contributed by atoms with van der Waals surface area (Å²) in [5.74, 6) is 0.461. The molecule has 2 rings (SSSR count). The number of ether oxygens (including phenoxy) is 2. The van der Waals surface area contributed by atoms with Crippen molar-refractivity contribution in [2.75, 3.05) is 26.3 Å². The van der Waals surface area contributed by atoms with E-state index >= 15 is 0 Å². The van der Waals surface area contributed by atoms with Crippen LogP contribution in [0.15, 0.2) is 22.7 Å². The first-order valence-corrected chi connectivity index (χ1v) is 7.79. The molecule has 0 radical (unpaired) electrons. The number of aliphatic hydroxyl groups is 1. The van der Waals surface area contributed by atoms with Crippen LogP contribution in [0.4, 0.5) is 0 Å². The molecule has 0 aliphatic carbocycles. The van der Waals surface area contributed by atoms with E-state index in [2.05, 4.69) is 15.9 Å². The predicted molar refractivity (Wildman–Crippen MR) is 82.3 cm³/mol. The van der Waals surface area contributed by atoms with Gasteiger partial charge in [0.05, 0.1) is 19.3 Å². The molecule has 1 aliphatic rings. The van der Waals surface area contributed by atoms with Gasteiger partial charge < -0.3 is 19.5 Å². The summed E-state index contributed by atoms with van der Waals surface area (Å²) in [6, 6.07) is 5.39. The molecule has 1 unspecified atom stereocenters.